The molecule has 42 valence electrons. The summed E-state index contributed by atoms with van der Waals surface area (Å²) >= 11 is 0. The SMILES string of the molecule is [2H]C([2H])([2H])C1([2H])NC([2H])([2H])C([2H])([2H])NC1([2H])[2H]. The molecule has 0 bridgehead atoms. The zero-order valence-corrected chi connectivity index (χ0v) is 3.50. The Morgan fingerprint density at radius 1 is 2.00 bits per heavy atom. The van der Waals surface area contributed by atoms with Crippen LogP contribution >= 0.6 is 0 Å². The molecule has 0 aromatic heterocycles. The molecule has 1 aliphatic rings. The van der Waals surface area contributed by atoms with Crippen LogP contribution in [0, 0.1) is 0 Å². The number of piperazine rings is 1. The first-order chi connectivity index (χ1) is 7.16. The van der Waals surface area contributed by atoms with Gasteiger partial charge in [-0.2, -0.15) is 0 Å². The highest BCUT2D eigenvalue weighted by atomic mass is 15.0. The van der Waals surface area contributed by atoms with Crippen LogP contribution in [0.25, 0.3) is 0 Å². The van der Waals surface area contributed by atoms with Crippen LogP contribution in [0.3, 0.4) is 0 Å². The minimum atomic E-state index is -3.17. The second-order valence-electron chi connectivity index (χ2n) is 1.00. The molecule has 0 radical (unpaired) electrons. The Bertz CT molecular complexity index is 321. The van der Waals surface area contributed by atoms with Crippen LogP contribution in [0.4, 0.5) is 0 Å². The van der Waals surface area contributed by atoms with Gasteiger partial charge in [0.05, 0.1) is 0 Å². The van der Waals surface area contributed by atoms with Crippen molar-refractivity contribution >= 4 is 0 Å². The van der Waals surface area contributed by atoms with E-state index in [0.29, 0.717) is 0 Å². The second-order valence-corrected chi connectivity index (χ2v) is 1.00. The third-order valence-corrected chi connectivity index (χ3v) is 0.500. The Morgan fingerprint density at radius 3 is 3.86 bits per heavy atom. The molecule has 0 aromatic carbocycles. The number of nitrogens with one attached hydrogen (secondary N) is 2. The Kier molecular flexibility index (Phi) is 0.276. The van der Waals surface area contributed by atoms with Crippen LogP contribution in [-0.4, -0.2) is 25.5 Å². The van der Waals surface area contributed by atoms with Crippen molar-refractivity contribution in [1.29, 1.82) is 0 Å². The fourth-order valence-electron chi connectivity index (χ4n) is 0.250. The molecule has 0 spiro atoms. The largest absolute Gasteiger partial charge is 0.314 e. The van der Waals surface area contributed by atoms with Crippen molar-refractivity contribution in [3.63, 3.8) is 0 Å². The summed E-state index contributed by atoms with van der Waals surface area (Å²) in [5.74, 6) is 0. The van der Waals surface area contributed by atoms with Gasteiger partial charge in [-0.15, -0.1) is 0 Å². The predicted octanol–water partition coefficient (Wildman–Crippen LogP) is -0.432. The van der Waals surface area contributed by atoms with E-state index in [1.807, 2.05) is 0 Å². The van der Waals surface area contributed by atoms with Crippen molar-refractivity contribution in [2.75, 3.05) is 19.5 Å². The van der Waals surface area contributed by atoms with Gasteiger partial charge in [-0.05, 0) is 6.85 Å². The van der Waals surface area contributed by atoms with E-state index in [4.69, 9.17) is 13.7 Å². The molecule has 0 aliphatic carbocycles. The average Bonchev–Trinajstić information content (AvgIpc) is 1.95. The Morgan fingerprint density at radius 2 is 3.00 bits per heavy atom. The van der Waals surface area contributed by atoms with Gasteiger partial charge in [0.2, 0.25) is 0 Å². The molecule has 0 amide bonds. The first-order valence-electron chi connectivity index (χ1n) is 6.75. The molecular formula is C5H12N2. The predicted molar refractivity (Wildman–Crippen MR) is 30.3 cm³/mol. The zero-order chi connectivity index (χ0) is 13.9. The Hall–Kier alpha value is -0.0800. The normalized spacial score (nSPS) is 88.0. The molecule has 7 heavy (non-hydrogen) atoms. The van der Waals surface area contributed by atoms with Gasteiger partial charge in [0.1, 0.15) is 0 Å². The van der Waals surface area contributed by atoms with E-state index in [1.54, 1.807) is 10.6 Å². The molecule has 2 nitrogen and oxygen atoms in total. The highest BCUT2D eigenvalue weighted by molar-refractivity contribution is 4.69. The van der Waals surface area contributed by atoms with Gasteiger partial charge in [0.25, 0.3) is 0 Å². The summed E-state index contributed by atoms with van der Waals surface area (Å²) in [6, 6.07) is -2.99. The monoisotopic (exact) mass is 110 g/mol. The third kappa shape index (κ3) is 1.45. The van der Waals surface area contributed by atoms with E-state index in [-0.39, 0.29) is 0 Å². The lowest BCUT2D eigenvalue weighted by Gasteiger charge is -2.19. The van der Waals surface area contributed by atoms with Crippen LogP contribution in [0.15, 0.2) is 0 Å². The maximum Gasteiger partial charge on any atom is 0.0475 e. The van der Waals surface area contributed by atoms with Gasteiger partial charge in [0.15, 0.2) is 0 Å². The lowest BCUT2D eigenvalue weighted by atomic mass is 10.3. The van der Waals surface area contributed by atoms with Crippen molar-refractivity contribution in [2.45, 2.75) is 12.9 Å². The fraction of sp³-hybridized carbons (Fsp3) is 1.00. The molecule has 1 aliphatic heterocycles. The third-order valence-electron chi connectivity index (χ3n) is 0.500. The first-order valence-corrected chi connectivity index (χ1v) is 1.75. The second kappa shape index (κ2) is 2.28. The van der Waals surface area contributed by atoms with E-state index < -0.39 is 32.4 Å². The van der Waals surface area contributed by atoms with Crippen molar-refractivity contribution in [2.24, 2.45) is 0 Å². The maximum absolute atomic E-state index is 7.59. The van der Waals surface area contributed by atoms with E-state index >= 15 is 0 Å². The molecule has 1 fully saturated rings. The number of hydrogen-bond acceptors (Lipinski definition) is 2. The van der Waals surface area contributed by atoms with Crippen molar-refractivity contribution in [1.82, 2.24) is 10.6 Å². The fourth-order valence-corrected chi connectivity index (χ4v) is 0.250. The van der Waals surface area contributed by atoms with E-state index in [9.17, 15) is 0 Å². The summed E-state index contributed by atoms with van der Waals surface area (Å²) < 4.78 is 72.9. The lowest BCUT2D eigenvalue weighted by molar-refractivity contribution is 0.442. The summed E-state index contributed by atoms with van der Waals surface area (Å²) in [5, 5.41) is 3.22. The molecule has 1 unspecified atom stereocenters. The molecule has 1 saturated heterocycles. The summed E-state index contributed by atoms with van der Waals surface area (Å²) in [4.78, 5) is 0. The summed E-state index contributed by atoms with van der Waals surface area (Å²) in [5.41, 5.74) is 0. The summed E-state index contributed by atoms with van der Waals surface area (Å²) in [7, 11) is 0. The highest BCUT2D eigenvalue weighted by Crippen LogP contribution is 1.80. The number of rotatable bonds is 0. The van der Waals surface area contributed by atoms with Crippen molar-refractivity contribution < 1.29 is 13.7 Å². The first kappa shape index (κ1) is 0.847. The minimum Gasteiger partial charge on any atom is -0.314 e. The lowest BCUT2D eigenvalue weighted by Crippen LogP contribution is -2.46. The van der Waals surface area contributed by atoms with Crippen molar-refractivity contribution in [3.05, 3.63) is 0 Å². The van der Waals surface area contributed by atoms with Gasteiger partial charge < -0.3 is 10.6 Å². The smallest absolute Gasteiger partial charge is 0.0475 e. The topological polar surface area (TPSA) is 24.1 Å². The van der Waals surface area contributed by atoms with Crippen LogP contribution < -0.4 is 10.6 Å². The molecule has 2 N–H and O–H groups in total. The molecule has 1 atom stereocenters. The number of hydrogen-bond donors (Lipinski definition) is 2. The van der Waals surface area contributed by atoms with Crippen LogP contribution in [0.2, 0.25) is 0 Å². The maximum atomic E-state index is 7.59. The molecule has 0 saturated carbocycles. The van der Waals surface area contributed by atoms with Crippen LogP contribution in [0.1, 0.15) is 20.6 Å². The highest BCUT2D eigenvalue weighted by Gasteiger charge is 2.03. The van der Waals surface area contributed by atoms with Crippen molar-refractivity contribution in [3.8, 4) is 0 Å². The molecule has 2 heteroatoms. The average molecular weight is 110 g/mol. The quantitative estimate of drug-likeness (QED) is 0.442. The van der Waals surface area contributed by atoms with Gasteiger partial charge >= 0.3 is 0 Å². The van der Waals surface area contributed by atoms with E-state index in [2.05, 4.69) is 0 Å². The van der Waals surface area contributed by atoms with Crippen LogP contribution in [0.5, 0.6) is 0 Å². The van der Waals surface area contributed by atoms with Crippen LogP contribution in [-0.2, 0) is 0 Å². The summed E-state index contributed by atoms with van der Waals surface area (Å²) in [6.07, 6.45) is 0. The standard InChI is InChI=1S/C5H12N2/c1-5-4-6-2-3-7-5/h5-7H,2-4H2,1H3/i1D3,2D2,3D2,4D2,5D. The molecule has 1 heterocycles. The molecular weight excluding hydrogens is 88.1 g/mol. The zero-order valence-electron chi connectivity index (χ0n) is 13.5. The van der Waals surface area contributed by atoms with Gasteiger partial charge in [-0.3, -0.25) is 0 Å². The van der Waals surface area contributed by atoms with Gasteiger partial charge in [-0.25, -0.2) is 0 Å². The molecule has 0 aromatic rings. The Labute approximate surface area is 58.3 Å². The van der Waals surface area contributed by atoms with E-state index in [1.165, 1.54) is 0 Å². The van der Waals surface area contributed by atoms with Gasteiger partial charge in [-0.1, -0.05) is 0 Å². The van der Waals surface area contributed by atoms with Gasteiger partial charge in [0, 0.05) is 39.2 Å². The summed E-state index contributed by atoms with van der Waals surface area (Å²) in [6.45, 7) is -11.9. The molecule has 1 rings (SSSR count). The minimum absolute atomic E-state index is 1.60. The Balaban J connectivity index is 3.28. The van der Waals surface area contributed by atoms with E-state index in [0.717, 1.165) is 0 Å².